The molecule has 0 aromatic heterocycles. The Bertz CT molecular complexity index is 563. The molecule has 1 saturated carbocycles. The Morgan fingerprint density at radius 1 is 1.30 bits per heavy atom. The highest BCUT2D eigenvalue weighted by Crippen LogP contribution is 2.50. The molecule has 3 atom stereocenters. The average Bonchev–Trinajstić information content (AvgIpc) is 2.73. The molecule has 0 unspecified atom stereocenters. The number of ketones is 1. The number of hydrogen-bond donors (Lipinski definition) is 1. The lowest BCUT2D eigenvalue weighted by molar-refractivity contribution is -0.269. The molecule has 0 aliphatic heterocycles. The molecule has 3 heteroatoms. The molecule has 0 heterocycles. The van der Waals surface area contributed by atoms with Crippen molar-refractivity contribution in [1.29, 1.82) is 0 Å². The minimum Gasteiger partial charge on any atom is -0.295 e. The summed E-state index contributed by atoms with van der Waals surface area (Å²) in [4.78, 5) is 17.3. The standard InChI is InChI=1S/C20H30O3/c1-13(2)19-16-8-7-15(4)18(23-22)9-6-14(3)10-11-20(16,5)12-17(19)21/h7,10,16,18,22H,6,8-9,11-12H2,1-5H3/b14-10+,15-7+/t16-,18+,20-/m1/s1. The van der Waals surface area contributed by atoms with Crippen LogP contribution in [0.5, 0.6) is 0 Å². The predicted molar refractivity (Wildman–Crippen MR) is 93.1 cm³/mol. The smallest absolute Gasteiger partial charge is 0.159 e. The van der Waals surface area contributed by atoms with Gasteiger partial charge in [0.2, 0.25) is 0 Å². The first-order valence-corrected chi connectivity index (χ1v) is 8.61. The quantitative estimate of drug-likeness (QED) is 0.311. The average molecular weight is 318 g/mol. The second-order valence-corrected chi connectivity index (χ2v) is 7.79. The van der Waals surface area contributed by atoms with Gasteiger partial charge in [0.15, 0.2) is 5.78 Å². The maximum atomic E-state index is 12.6. The molecule has 0 bridgehead atoms. The van der Waals surface area contributed by atoms with E-state index in [2.05, 4.69) is 30.9 Å². The second-order valence-electron chi connectivity index (χ2n) is 7.79. The molecule has 1 N–H and O–H groups in total. The van der Waals surface area contributed by atoms with Gasteiger partial charge in [-0.1, -0.05) is 30.2 Å². The van der Waals surface area contributed by atoms with Gasteiger partial charge in [0.1, 0.15) is 6.10 Å². The van der Waals surface area contributed by atoms with Crippen molar-refractivity contribution in [1.82, 2.24) is 0 Å². The predicted octanol–water partition coefficient (Wildman–Crippen LogP) is 5.24. The number of Topliss-reactive ketones (excluding diaryl/α,β-unsaturated/α-hetero) is 1. The molecule has 0 aromatic rings. The van der Waals surface area contributed by atoms with Crippen LogP contribution in [-0.4, -0.2) is 17.1 Å². The van der Waals surface area contributed by atoms with Gasteiger partial charge in [-0.05, 0) is 75.9 Å². The van der Waals surface area contributed by atoms with Crippen molar-refractivity contribution in [2.24, 2.45) is 11.3 Å². The van der Waals surface area contributed by atoms with Crippen LogP contribution < -0.4 is 0 Å². The third-order valence-corrected chi connectivity index (χ3v) is 5.62. The van der Waals surface area contributed by atoms with Gasteiger partial charge in [0.05, 0.1) is 0 Å². The zero-order valence-corrected chi connectivity index (χ0v) is 15.1. The Balaban J connectivity index is 2.45. The maximum absolute atomic E-state index is 12.6. The first-order chi connectivity index (χ1) is 10.8. The fraction of sp³-hybridized carbons (Fsp3) is 0.650. The van der Waals surface area contributed by atoms with Crippen molar-refractivity contribution in [3.8, 4) is 0 Å². The number of carbonyl (C=O) groups is 1. The summed E-state index contributed by atoms with van der Waals surface area (Å²) in [5.74, 6) is 0.554. The van der Waals surface area contributed by atoms with Crippen molar-refractivity contribution in [2.45, 2.75) is 72.8 Å². The fourth-order valence-electron chi connectivity index (χ4n) is 4.04. The molecule has 3 nitrogen and oxygen atoms in total. The van der Waals surface area contributed by atoms with E-state index in [1.54, 1.807) is 0 Å². The molecule has 0 spiro atoms. The second kappa shape index (κ2) is 7.14. The minimum absolute atomic E-state index is 0.0123. The maximum Gasteiger partial charge on any atom is 0.159 e. The number of hydrogen-bond acceptors (Lipinski definition) is 3. The Labute approximate surface area is 140 Å². The zero-order chi connectivity index (χ0) is 17.2. The van der Waals surface area contributed by atoms with Crippen LogP contribution in [0.2, 0.25) is 0 Å². The fourth-order valence-corrected chi connectivity index (χ4v) is 4.04. The first kappa shape index (κ1) is 18.2. The van der Waals surface area contributed by atoms with Gasteiger partial charge in [-0.15, -0.1) is 0 Å². The lowest BCUT2D eigenvalue weighted by Gasteiger charge is -2.30. The van der Waals surface area contributed by atoms with Crippen molar-refractivity contribution < 1.29 is 14.9 Å². The van der Waals surface area contributed by atoms with Gasteiger partial charge >= 0.3 is 0 Å². The van der Waals surface area contributed by atoms with Crippen LogP contribution in [0.25, 0.3) is 0 Å². The molecule has 1 fully saturated rings. The van der Waals surface area contributed by atoms with E-state index in [1.807, 2.05) is 20.8 Å². The number of fused-ring (bicyclic) bond motifs is 1. The Morgan fingerprint density at radius 3 is 2.61 bits per heavy atom. The summed E-state index contributed by atoms with van der Waals surface area (Å²) >= 11 is 0. The van der Waals surface area contributed by atoms with Crippen molar-refractivity contribution in [3.63, 3.8) is 0 Å². The Hall–Kier alpha value is -1.19. The largest absolute Gasteiger partial charge is 0.295 e. The van der Waals surface area contributed by atoms with E-state index in [4.69, 9.17) is 0 Å². The first-order valence-electron chi connectivity index (χ1n) is 8.61. The van der Waals surface area contributed by atoms with E-state index in [0.717, 1.165) is 42.4 Å². The molecular formula is C20H30O3. The highest BCUT2D eigenvalue weighted by atomic mass is 17.1. The third-order valence-electron chi connectivity index (χ3n) is 5.62. The lowest BCUT2D eigenvalue weighted by atomic mass is 9.73. The summed E-state index contributed by atoms with van der Waals surface area (Å²) in [5, 5.41) is 9.19. The topological polar surface area (TPSA) is 46.5 Å². The molecule has 0 saturated heterocycles. The van der Waals surface area contributed by atoms with Gasteiger partial charge in [-0.3, -0.25) is 10.1 Å². The SMILES string of the molecule is CC(C)=C1C(=O)C[C@@]2(C)C/C=C(\C)CC[C@H](OO)/C(C)=C/C[C@H]12. The van der Waals surface area contributed by atoms with E-state index in [-0.39, 0.29) is 17.4 Å². The van der Waals surface area contributed by atoms with E-state index in [0.29, 0.717) is 12.2 Å². The minimum atomic E-state index is -0.255. The van der Waals surface area contributed by atoms with Crippen LogP contribution in [0.1, 0.15) is 66.7 Å². The number of carbonyl (C=O) groups excluding carboxylic acids is 1. The van der Waals surface area contributed by atoms with E-state index >= 15 is 0 Å². The molecule has 0 radical (unpaired) electrons. The van der Waals surface area contributed by atoms with Crippen molar-refractivity contribution in [2.75, 3.05) is 0 Å². The summed E-state index contributed by atoms with van der Waals surface area (Å²) in [6.07, 6.45) is 8.28. The van der Waals surface area contributed by atoms with E-state index < -0.39 is 0 Å². The van der Waals surface area contributed by atoms with E-state index in [9.17, 15) is 10.1 Å². The molecule has 2 aliphatic carbocycles. The van der Waals surface area contributed by atoms with Crippen LogP contribution >= 0.6 is 0 Å². The van der Waals surface area contributed by atoms with Crippen LogP contribution in [0.3, 0.4) is 0 Å². The van der Waals surface area contributed by atoms with Crippen LogP contribution in [-0.2, 0) is 9.68 Å². The van der Waals surface area contributed by atoms with Crippen LogP contribution in [0.15, 0.2) is 34.4 Å². The van der Waals surface area contributed by atoms with Gasteiger partial charge < -0.3 is 0 Å². The number of allylic oxidation sites excluding steroid dienone is 5. The number of rotatable bonds is 1. The Kier molecular flexibility index (Phi) is 5.64. The van der Waals surface area contributed by atoms with E-state index in [1.165, 1.54) is 5.57 Å². The highest BCUT2D eigenvalue weighted by molar-refractivity contribution is 5.99. The summed E-state index contributed by atoms with van der Waals surface area (Å²) in [6, 6.07) is 0. The third kappa shape index (κ3) is 3.84. The Morgan fingerprint density at radius 2 is 2.00 bits per heavy atom. The molecule has 2 aliphatic rings. The summed E-state index contributed by atoms with van der Waals surface area (Å²) in [5.41, 5.74) is 4.50. The monoisotopic (exact) mass is 318 g/mol. The zero-order valence-electron chi connectivity index (χ0n) is 15.1. The lowest BCUT2D eigenvalue weighted by Crippen LogP contribution is -2.22. The molecular weight excluding hydrogens is 288 g/mol. The van der Waals surface area contributed by atoms with Gasteiger partial charge in [0.25, 0.3) is 0 Å². The highest BCUT2D eigenvalue weighted by Gasteiger charge is 2.46. The van der Waals surface area contributed by atoms with Gasteiger partial charge in [-0.2, -0.15) is 0 Å². The van der Waals surface area contributed by atoms with Gasteiger partial charge in [0, 0.05) is 6.42 Å². The molecule has 23 heavy (non-hydrogen) atoms. The van der Waals surface area contributed by atoms with Gasteiger partial charge in [-0.25, -0.2) is 4.89 Å². The summed E-state index contributed by atoms with van der Waals surface area (Å²) in [7, 11) is 0. The van der Waals surface area contributed by atoms with Crippen LogP contribution in [0, 0.1) is 11.3 Å². The molecule has 2 rings (SSSR count). The summed E-state index contributed by atoms with van der Waals surface area (Å²) in [6.45, 7) is 10.5. The molecule has 128 valence electrons. The van der Waals surface area contributed by atoms with Crippen molar-refractivity contribution in [3.05, 3.63) is 34.4 Å². The normalized spacial score (nSPS) is 37.3. The summed E-state index contributed by atoms with van der Waals surface area (Å²) < 4.78 is 0. The molecule has 0 aromatic carbocycles. The van der Waals surface area contributed by atoms with Crippen LogP contribution in [0.4, 0.5) is 0 Å². The molecule has 0 amide bonds. The van der Waals surface area contributed by atoms with Crippen molar-refractivity contribution >= 4 is 5.78 Å².